The van der Waals surface area contributed by atoms with E-state index >= 15 is 0 Å². The Balaban J connectivity index is 2.05. The quantitative estimate of drug-likeness (QED) is 0.674. The number of benzene rings is 1. The lowest BCUT2D eigenvalue weighted by Gasteiger charge is -2.13. The summed E-state index contributed by atoms with van der Waals surface area (Å²) < 4.78 is 12.1. The van der Waals surface area contributed by atoms with Crippen molar-refractivity contribution < 1.29 is 9.47 Å². The third-order valence-electron chi connectivity index (χ3n) is 2.77. The Kier molecular flexibility index (Phi) is 5.86. The van der Waals surface area contributed by atoms with Gasteiger partial charge in [-0.25, -0.2) is 0 Å². The predicted molar refractivity (Wildman–Crippen MR) is 86.8 cm³/mol. The molecule has 0 bridgehead atoms. The maximum atomic E-state index is 5.84. The fourth-order valence-corrected chi connectivity index (χ4v) is 2.72. The molecule has 0 N–H and O–H groups in total. The van der Waals surface area contributed by atoms with Gasteiger partial charge >= 0.3 is 0 Å². The first kappa shape index (κ1) is 15.3. The zero-order valence-corrected chi connectivity index (χ0v) is 14.3. The maximum absolute atomic E-state index is 5.84. The number of hydrogen-bond donors (Lipinski definition) is 0. The van der Waals surface area contributed by atoms with Crippen LogP contribution < -0.4 is 9.47 Å². The molecule has 0 atom stereocenters. The predicted octanol–water partition coefficient (Wildman–Crippen LogP) is 4.37. The minimum absolute atomic E-state index is 0.555. The minimum Gasteiger partial charge on any atom is -0.493 e. The van der Waals surface area contributed by atoms with Gasteiger partial charge in [0.1, 0.15) is 0 Å². The highest BCUT2D eigenvalue weighted by Crippen LogP contribution is 2.37. The number of pyridine rings is 1. The van der Waals surface area contributed by atoms with Crippen molar-refractivity contribution in [2.75, 3.05) is 13.7 Å². The fourth-order valence-electron chi connectivity index (χ4n) is 1.79. The van der Waals surface area contributed by atoms with E-state index in [1.54, 1.807) is 13.3 Å². The van der Waals surface area contributed by atoms with Gasteiger partial charge in [0.2, 0.25) is 0 Å². The van der Waals surface area contributed by atoms with Crippen LogP contribution in [0.5, 0.6) is 11.5 Å². The monoisotopic (exact) mass is 399 g/mol. The van der Waals surface area contributed by atoms with Crippen LogP contribution in [0.2, 0.25) is 0 Å². The van der Waals surface area contributed by atoms with Crippen LogP contribution in [0.3, 0.4) is 0 Å². The molecule has 0 radical (unpaired) electrons. The molecule has 2 rings (SSSR count). The molecule has 1 aromatic carbocycles. The molecule has 0 unspecified atom stereocenters. The van der Waals surface area contributed by atoms with Crippen LogP contribution in [0.25, 0.3) is 0 Å². The Morgan fingerprint density at radius 3 is 2.75 bits per heavy atom. The van der Waals surface area contributed by atoms with Gasteiger partial charge in [-0.2, -0.15) is 0 Å². The lowest BCUT2D eigenvalue weighted by Crippen LogP contribution is -2.04. The average molecular weight is 401 g/mol. The second-order valence-corrected chi connectivity index (χ2v) is 5.58. The first-order valence-corrected chi connectivity index (χ1v) is 8.11. The van der Waals surface area contributed by atoms with E-state index in [4.69, 9.17) is 9.47 Å². The number of halogens is 2. The van der Waals surface area contributed by atoms with Crippen LogP contribution in [0, 0.1) is 0 Å². The van der Waals surface area contributed by atoms with Crippen LogP contribution in [-0.4, -0.2) is 18.7 Å². The zero-order valence-electron chi connectivity index (χ0n) is 11.1. The average Bonchev–Trinajstić information content (AvgIpc) is 2.49. The van der Waals surface area contributed by atoms with Gasteiger partial charge in [0.05, 0.1) is 18.2 Å². The summed E-state index contributed by atoms with van der Waals surface area (Å²) in [5.41, 5.74) is 2.14. The summed E-state index contributed by atoms with van der Waals surface area (Å²) in [4.78, 5) is 4.27. The largest absolute Gasteiger partial charge is 0.493 e. The van der Waals surface area contributed by atoms with E-state index < -0.39 is 0 Å². The van der Waals surface area contributed by atoms with Crippen molar-refractivity contribution in [1.29, 1.82) is 0 Å². The summed E-state index contributed by atoms with van der Waals surface area (Å²) in [5, 5.41) is 0.774. The number of nitrogens with zero attached hydrogens (tertiary/aromatic N) is 1. The van der Waals surface area contributed by atoms with Gasteiger partial charge in [0, 0.05) is 23.6 Å². The highest BCUT2D eigenvalue weighted by Gasteiger charge is 2.11. The molecule has 0 saturated heterocycles. The van der Waals surface area contributed by atoms with E-state index in [9.17, 15) is 0 Å². The summed E-state index contributed by atoms with van der Waals surface area (Å²) in [7, 11) is 1.64. The number of methoxy groups -OCH3 is 1. The highest BCUT2D eigenvalue weighted by atomic mass is 79.9. The lowest BCUT2D eigenvalue weighted by atomic mass is 10.2. The Bertz CT molecular complexity index is 561. The van der Waals surface area contributed by atoms with Crippen LogP contribution in [0.15, 0.2) is 41.0 Å². The van der Waals surface area contributed by atoms with Crippen molar-refractivity contribution in [3.8, 4) is 11.5 Å². The standard InChI is InChI=1S/C15H15Br2NO2/c1-19-14-9-11(10-16)8-13(17)15(14)20-7-5-12-4-2-3-6-18-12/h2-4,6,8-9H,5,7,10H2,1H3. The van der Waals surface area contributed by atoms with Gasteiger partial charge in [-0.15, -0.1) is 0 Å². The van der Waals surface area contributed by atoms with Gasteiger partial charge in [-0.3, -0.25) is 4.98 Å². The summed E-state index contributed by atoms with van der Waals surface area (Å²) >= 11 is 6.96. The van der Waals surface area contributed by atoms with Crippen molar-refractivity contribution in [3.05, 3.63) is 52.3 Å². The molecule has 106 valence electrons. The van der Waals surface area contributed by atoms with Crippen molar-refractivity contribution in [2.24, 2.45) is 0 Å². The van der Waals surface area contributed by atoms with Gasteiger partial charge < -0.3 is 9.47 Å². The molecule has 0 fully saturated rings. The molecule has 2 aromatic rings. The summed E-state index contributed by atoms with van der Waals surface area (Å²) in [5.74, 6) is 1.46. The summed E-state index contributed by atoms with van der Waals surface area (Å²) in [6.07, 6.45) is 2.55. The second kappa shape index (κ2) is 7.64. The number of ether oxygens (including phenoxy) is 2. The topological polar surface area (TPSA) is 31.4 Å². The molecule has 3 nitrogen and oxygen atoms in total. The van der Waals surface area contributed by atoms with Crippen LogP contribution in [0.4, 0.5) is 0 Å². The summed E-state index contributed by atoms with van der Waals surface area (Å²) in [6.45, 7) is 0.555. The first-order valence-electron chi connectivity index (χ1n) is 6.19. The smallest absolute Gasteiger partial charge is 0.175 e. The third kappa shape index (κ3) is 3.96. The van der Waals surface area contributed by atoms with Crippen molar-refractivity contribution in [3.63, 3.8) is 0 Å². The van der Waals surface area contributed by atoms with Crippen molar-refractivity contribution in [2.45, 2.75) is 11.8 Å². The van der Waals surface area contributed by atoms with Crippen LogP contribution in [-0.2, 0) is 11.8 Å². The SMILES string of the molecule is COc1cc(CBr)cc(Br)c1OCCc1ccccn1. The number of alkyl halides is 1. The van der Waals surface area contributed by atoms with E-state index in [2.05, 4.69) is 36.8 Å². The van der Waals surface area contributed by atoms with Crippen LogP contribution in [0.1, 0.15) is 11.3 Å². The third-order valence-corrected chi connectivity index (χ3v) is 4.01. The molecule has 0 aliphatic carbocycles. The van der Waals surface area contributed by atoms with Crippen molar-refractivity contribution in [1.82, 2.24) is 4.98 Å². The second-order valence-electron chi connectivity index (χ2n) is 4.16. The molecular weight excluding hydrogens is 386 g/mol. The number of aromatic nitrogens is 1. The fraction of sp³-hybridized carbons (Fsp3) is 0.267. The first-order chi connectivity index (χ1) is 9.74. The molecule has 1 aromatic heterocycles. The number of rotatable bonds is 6. The van der Waals surface area contributed by atoms with E-state index in [-0.39, 0.29) is 0 Å². The molecule has 1 heterocycles. The Labute approximate surface area is 135 Å². The Hall–Kier alpha value is -1.07. The molecule has 20 heavy (non-hydrogen) atoms. The Morgan fingerprint density at radius 2 is 2.10 bits per heavy atom. The van der Waals surface area contributed by atoms with Gasteiger partial charge in [-0.05, 0) is 45.8 Å². The van der Waals surface area contributed by atoms with E-state index in [0.717, 1.165) is 39.0 Å². The highest BCUT2D eigenvalue weighted by molar-refractivity contribution is 9.10. The van der Waals surface area contributed by atoms with E-state index in [1.165, 1.54) is 0 Å². The molecule has 0 amide bonds. The zero-order chi connectivity index (χ0) is 14.4. The Morgan fingerprint density at radius 1 is 1.25 bits per heavy atom. The van der Waals surface area contributed by atoms with Gasteiger partial charge in [0.15, 0.2) is 11.5 Å². The lowest BCUT2D eigenvalue weighted by molar-refractivity contribution is 0.294. The molecule has 0 aliphatic rings. The normalized spacial score (nSPS) is 10.3. The molecule has 0 saturated carbocycles. The van der Waals surface area contributed by atoms with E-state index in [1.807, 2.05) is 30.3 Å². The molecule has 0 aliphatic heterocycles. The van der Waals surface area contributed by atoms with Gasteiger partial charge in [-0.1, -0.05) is 22.0 Å². The van der Waals surface area contributed by atoms with E-state index in [0.29, 0.717) is 6.61 Å². The van der Waals surface area contributed by atoms with Gasteiger partial charge in [0.25, 0.3) is 0 Å². The summed E-state index contributed by atoms with van der Waals surface area (Å²) in [6, 6.07) is 9.86. The number of hydrogen-bond acceptors (Lipinski definition) is 3. The molecule has 0 spiro atoms. The van der Waals surface area contributed by atoms with Crippen molar-refractivity contribution >= 4 is 31.9 Å². The van der Waals surface area contributed by atoms with Crippen LogP contribution >= 0.6 is 31.9 Å². The minimum atomic E-state index is 0.555. The molecule has 5 heteroatoms. The maximum Gasteiger partial charge on any atom is 0.175 e. The molecular formula is C15H15Br2NO2.